The lowest BCUT2D eigenvalue weighted by Crippen LogP contribution is -2.27. The van der Waals surface area contributed by atoms with Gasteiger partial charge in [0.1, 0.15) is 0 Å². The molecule has 1 aromatic carbocycles. The van der Waals surface area contributed by atoms with E-state index < -0.39 is 23.4 Å². The largest absolute Gasteiger partial charge is 0.479 e. The Kier molecular flexibility index (Phi) is 4.76. The summed E-state index contributed by atoms with van der Waals surface area (Å²) in [5.74, 6) is -1.80. The number of nitrogens with one attached hydrogen (secondary N) is 1. The molecule has 96 valence electrons. The van der Waals surface area contributed by atoms with Crippen LogP contribution < -0.4 is 5.48 Å². The number of carbonyl (C=O) groups excluding carboxylic acids is 1. The summed E-state index contributed by atoms with van der Waals surface area (Å²) in [5.41, 5.74) is 2.23. The molecule has 8 nitrogen and oxygen atoms in total. The Bertz CT molecular complexity index is 473. The van der Waals surface area contributed by atoms with Crippen molar-refractivity contribution < 1.29 is 24.5 Å². The summed E-state index contributed by atoms with van der Waals surface area (Å²) >= 11 is 0. The van der Waals surface area contributed by atoms with Gasteiger partial charge < -0.3 is 5.11 Å². The number of benzene rings is 1. The monoisotopic (exact) mass is 254 g/mol. The van der Waals surface area contributed by atoms with Gasteiger partial charge in [-0.3, -0.25) is 19.7 Å². The smallest absolute Gasteiger partial charge is 0.332 e. The number of non-ortho nitro benzene ring substituents is 1. The zero-order chi connectivity index (χ0) is 13.5. The highest BCUT2D eigenvalue weighted by molar-refractivity contribution is 5.78. The lowest BCUT2D eigenvalue weighted by atomic mass is 10.1. The summed E-state index contributed by atoms with van der Waals surface area (Å²) in [4.78, 5) is 35.7. The van der Waals surface area contributed by atoms with E-state index in [4.69, 9.17) is 5.11 Å². The molecule has 0 fully saturated rings. The molecule has 0 aliphatic rings. The molecule has 1 aromatic rings. The second-order valence-corrected chi connectivity index (χ2v) is 3.31. The predicted octanol–water partition coefficient (Wildman–Crippen LogP) is 0.270. The molecule has 0 aliphatic carbocycles. The summed E-state index contributed by atoms with van der Waals surface area (Å²) in [7, 11) is 0. The van der Waals surface area contributed by atoms with Gasteiger partial charge in [-0.1, -0.05) is 12.1 Å². The van der Waals surface area contributed by atoms with Gasteiger partial charge in [0.05, 0.1) is 11.3 Å². The number of nitro groups is 1. The van der Waals surface area contributed by atoms with E-state index in [9.17, 15) is 19.7 Å². The van der Waals surface area contributed by atoms with Crippen LogP contribution in [0.4, 0.5) is 5.69 Å². The van der Waals surface area contributed by atoms with Crippen LogP contribution in [0.15, 0.2) is 24.3 Å². The van der Waals surface area contributed by atoms with Crippen molar-refractivity contribution in [2.75, 3.05) is 6.61 Å². The van der Waals surface area contributed by atoms with Gasteiger partial charge in [0.25, 0.3) is 5.69 Å². The minimum absolute atomic E-state index is 0.119. The third-order valence-electron chi connectivity index (χ3n) is 1.87. The van der Waals surface area contributed by atoms with Gasteiger partial charge in [-0.15, -0.1) is 0 Å². The van der Waals surface area contributed by atoms with Crippen LogP contribution in [-0.2, 0) is 20.8 Å². The number of carbonyl (C=O) groups is 2. The molecular weight excluding hydrogens is 244 g/mol. The maximum absolute atomic E-state index is 11.3. The van der Waals surface area contributed by atoms with Crippen molar-refractivity contribution in [1.82, 2.24) is 5.48 Å². The predicted molar refractivity (Wildman–Crippen MR) is 58.5 cm³/mol. The fourth-order valence-corrected chi connectivity index (χ4v) is 1.18. The van der Waals surface area contributed by atoms with E-state index in [0.29, 0.717) is 5.56 Å². The molecule has 1 amide bonds. The Hall–Kier alpha value is -2.48. The number of rotatable bonds is 6. The summed E-state index contributed by atoms with van der Waals surface area (Å²) in [6.45, 7) is -0.652. The first-order chi connectivity index (χ1) is 8.49. The number of hydrogen-bond acceptors (Lipinski definition) is 5. The van der Waals surface area contributed by atoms with Crippen LogP contribution in [-0.4, -0.2) is 28.5 Å². The number of nitro benzene ring substituents is 1. The maximum atomic E-state index is 11.3. The van der Waals surface area contributed by atoms with Gasteiger partial charge >= 0.3 is 5.97 Å². The second kappa shape index (κ2) is 6.30. The van der Waals surface area contributed by atoms with Crippen LogP contribution in [0.3, 0.4) is 0 Å². The van der Waals surface area contributed by atoms with Crippen molar-refractivity contribution in [3.63, 3.8) is 0 Å². The average Bonchev–Trinajstić information content (AvgIpc) is 2.28. The number of amides is 1. The minimum atomic E-state index is -1.22. The Morgan fingerprint density at radius 1 is 1.44 bits per heavy atom. The van der Waals surface area contributed by atoms with Crippen molar-refractivity contribution in [2.24, 2.45) is 0 Å². The van der Waals surface area contributed by atoms with E-state index in [1.54, 1.807) is 6.07 Å². The first-order valence-electron chi connectivity index (χ1n) is 4.85. The number of hydrogen-bond donors (Lipinski definition) is 2. The van der Waals surface area contributed by atoms with Crippen molar-refractivity contribution in [3.05, 3.63) is 39.9 Å². The molecule has 0 aliphatic heterocycles. The molecule has 1 rings (SSSR count). The van der Waals surface area contributed by atoms with Gasteiger partial charge in [0.2, 0.25) is 5.91 Å². The molecule has 0 unspecified atom stereocenters. The fraction of sp³-hybridized carbons (Fsp3) is 0.200. The van der Waals surface area contributed by atoms with Gasteiger partial charge in [-0.05, 0) is 5.56 Å². The maximum Gasteiger partial charge on any atom is 0.332 e. The zero-order valence-electron chi connectivity index (χ0n) is 9.16. The summed E-state index contributed by atoms with van der Waals surface area (Å²) < 4.78 is 0. The molecule has 2 N–H and O–H groups in total. The summed E-state index contributed by atoms with van der Waals surface area (Å²) in [6, 6.07) is 5.57. The Morgan fingerprint density at radius 2 is 2.17 bits per heavy atom. The van der Waals surface area contributed by atoms with E-state index in [1.807, 2.05) is 5.48 Å². The highest BCUT2D eigenvalue weighted by atomic mass is 16.7. The molecule has 0 saturated heterocycles. The lowest BCUT2D eigenvalue weighted by Gasteiger charge is -2.03. The molecule has 0 spiro atoms. The molecule has 0 atom stereocenters. The van der Waals surface area contributed by atoms with Crippen LogP contribution in [0.1, 0.15) is 5.56 Å². The topological polar surface area (TPSA) is 119 Å². The Morgan fingerprint density at radius 3 is 2.78 bits per heavy atom. The van der Waals surface area contributed by atoms with Crippen LogP contribution in [0, 0.1) is 10.1 Å². The van der Waals surface area contributed by atoms with E-state index in [0.717, 1.165) is 0 Å². The van der Waals surface area contributed by atoms with Gasteiger partial charge in [-0.25, -0.2) is 10.3 Å². The number of nitrogens with zero attached hydrogens (tertiary/aromatic N) is 1. The fourth-order valence-electron chi connectivity index (χ4n) is 1.18. The van der Waals surface area contributed by atoms with E-state index >= 15 is 0 Å². The Balaban J connectivity index is 2.51. The SMILES string of the molecule is O=C(O)CONC(=O)Cc1cccc([N+](=O)[O-])c1. The number of carboxylic acid groups (broad SMARTS) is 1. The summed E-state index contributed by atoms with van der Waals surface area (Å²) in [6.07, 6.45) is -0.138. The summed E-state index contributed by atoms with van der Waals surface area (Å²) in [5, 5.41) is 18.8. The molecule has 0 bridgehead atoms. The van der Waals surface area contributed by atoms with E-state index in [2.05, 4.69) is 4.84 Å². The van der Waals surface area contributed by atoms with E-state index in [-0.39, 0.29) is 12.1 Å². The first kappa shape index (κ1) is 13.6. The van der Waals surface area contributed by atoms with Crippen LogP contribution in [0.5, 0.6) is 0 Å². The van der Waals surface area contributed by atoms with E-state index in [1.165, 1.54) is 18.2 Å². The number of carboxylic acids is 1. The van der Waals surface area contributed by atoms with Gasteiger partial charge in [-0.2, -0.15) is 0 Å². The molecule has 0 radical (unpaired) electrons. The third-order valence-corrected chi connectivity index (χ3v) is 1.87. The van der Waals surface area contributed by atoms with Crippen molar-refractivity contribution >= 4 is 17.6 Å². The van der Waals surface area contributed by atoms with Crippen molar-refractivity contribution in [1.29, 1.82) is 0 Å². The molecule has 18 heavy (non-hydrogen) atoms. The standard InChI is InChI=1S/C10H10N2O6/c13-9(11-18-6-10(14)15)5-7-2-1-3-8(4-7)12(16)17/h1-4H,5-6H2,(H,11,13)(H,14,15). The quantitative estimate of drug-likeness (QED) is 0.555. The van der Waals surface area contributed by atoms with Crippen molar-refractivity contribution in [3.8, 4) is 0 Å². The number of hydroxylamine groups is 1. The first-order valence-corrected chi connectivity index (χ1v) is 4.85. The lowest BCUT2D eigenvalue weighted by molar-refractivity contribution is -0.384. The Labute approximate surface area is 101 Å². The molecule has 0 heterocycles. The molecule has 0 aromatic heterocycles. The van der Waals surface area contributed by atoms with Gasteiger partial charge in [0, 0.05) is 12.1 Å². The second-order valence-electron chi connectivity index (χ2n) is 3.31. The number of aliphatic carboxylic acids is 1. The molecule has 0 saturated carbocycles. The van der Waals surface area contributed by atoms with Crippen LogP contribution in [0.2, 0.25) is 0 Å². The van der Waals surface area contributed by atoms with Crippen molar-refractivity contribution in [2.45, 2.75) is 6.42 Å². The molecular formula is C10H10N2O6. The third kappa shape index (κ3) is 4.58. The van der Waals surface area contributed by atoms with Crippen LogP contribution >= 0.6 is 0 Å². The highest BCUT2D eigenvalue weighted by Crippen LogP contribution is 2.13. The minimum Gasteiger partial charge on any atom is -0.479 e. The zero-order valence-corrected chi connectivity index (χ0v) is 9.16. The van der Waals surface area contributed by atoms with Gasteiger partial charge in [0.15, 0.2) is 6.61 Å². The highest BCUT2D eigenvalue weighted by Gasteiger charge is 2.09. The molecule has 8 heteroatoms. The normalized spacial score (nSPS) is 9.78. The van der Waals surface area contributed by atoms with Crippen LogP contribution in [0.25, 0.3) is 0 Å². The average molecular weight is 254 g/mol.